The number of anilines is 1. The highest BCUT2D eigenvalue weighted by Crippen LogP contribution is 2.32. The minimum absolute atomic E-state index is 0.0534. The zero-order valence-electron chi connectivity index (χ0n) is 13.7. The summed E-state index contributed by atoms with van der Waals surface area (Å²) < 4.78 is 7.57. The predicted octanol–water partition coefficient (Wildman–Crippen LogP) is 3.79. The number of carbonyl (C=O) groups excluding carboxylic acids is 1. The summed E-state index contributed by atoms with van der Waals surface area (Å²) in [4.78, 5) is 14.6. The van der Waals surface area contributed by atoms with Crippen LogP contribution in [0.4, 0.5) is 10.5 Å². The second-order valence-electron chi connectivity index (χ2n) is 5.79. The van der Waals surface area contributed by atoms with E-state index in [1.54, 1.807) is 0 Å². The van der Waals surface area contributed by atoms with Crippen LogP contribution in [0.3, 0.4) is 0 Å². The Morgan fingerprint density at radius 3 is 2.96 bits per heavy atom. The standard InChI is InChI=1S/C18H23N3O2/c1-3-23-15-8-4-7-14(13-15)19-18(22)21-12-6-10-17(21)16-9-5-11-20(16)2/h4-5,7-9,11,13,17H,3,6,10,12H2,1-2H3,(H,19,22). The number of nitrogens with one attached hydrogen (secondary N) is 1. The molecule has 0 bridgehead atoms. The van der Waals surface area contributed by atoms with Gasteiger partial charge in [0.05, 0.1) is 12.6 Å². The normalized spacial score (nSPS) is 17.3. The maximum atomic E-state index is 12.7. The number of carbonyl (C=O) groups is 1. The Balaban J connectivity index is 1.72. The summed E-state index contributed by atoms with van der Waals surface area (Å²) in [5, 5.41) is 2.99. The van der Waals surface area contributed by atoms with Gasteiger partial charge < -0.3 is 19.5 Å². The number of likely N-dealkylation sites (tertiary alicyclic amines) is 1. The first-order valence-corrected chi connectivity index (χ1v) is 8.10. The molecule has 1 aromatic heterocycles. The first-order chi connectivity index (χ1) is 11.2. The topological polar surface area (TPSA) is 46.5 Å². The molecular weight excluding hydrogens is 290 g/mol. The SMILES string of the molecule is CCOc1cccc(NC(=O)N2CCCC2c2cccn2C)c1. The van der Waals surface area contributed by atoms with Crippen LogP contribution in [0.1, 0.15) is 31.5 Å². The second-order valence-corrected chi connectivity index (χ2v) is 5.79. The third-order valence-corrected chi connectivity index (χ3v) is 4.24. The molecule has 1 saturated heterocycles. The molecule has 1 aliphatic heterocycles. The van der Waals surface area contributed by atoms with Crippen molar-refractivity contribution in [1.82, 2.24) is 9.47 Å². The van der Waals surface area contributed by atoms with Crippen LogP contribution in [0, 0.1) is 0 Å². The number of hydrogen-bond donors (Lipinski definition) is 1. The third-order valence-electron chi connectivity index (χ3n) is 4.24. The molecule has 1 unspecified atom stereocenters. The summed E-state index contributed by atoms with van der Waals surface area (Å²) in [5.74, 6) is 0.769. The molecule has 1 N–H and O–H groups in total. The number of aryl methyl sites for hydroxylation is 1. The molecule has 23 heavy (non-hydrogen) atoms. The molecule has 1 aromatic carbocycles. The molecule has 5 heteroatoms. The van der Waals surface area contributed by atoms with Crippen molar-refractivity contribution in [2.75, 3.05) is 18.5 Å². The van der Waals surface area contributed by atoms with Crippen LogP contribution >= 0.6 is 0 Å². The molecule has 3 rings (SSSR count). The smallest absolute Gasteiger partial charge is 0.322 e. The van der Waals surface area contributed by atoms with E-state index in [-0.39, 0.29) is 12.1 Å². The van der Waals surface area contributed by atoms with Gasteiger partial charge in [-0.1, -0.05) is 6.07 Å². The minimum Gasteiger partial charge on any atom is -0.494 e. The molecular formula is C18H23N3O2. The quantitative estimate of drug-likeness (QED) is 0.933. The van der Waals surface area contributed by atoms with Gasteiger partial charge in [-0.3, -0.25) is 0 Å². The number of ether oxygens (including phenoxy) is 1. The summed E-state index contributed by atoms with van der Waals surface area (Å²) in [7, 11) is 2.02. The Morgan fingerprint density at radius 1 is 1.35 bits per heavy atom. The fraction of sp³-hybridized carbons (Fsp3) is 0.389. The van der Waals surface area contributed by atoms with Crippen molar-refractivity contribution in [3.05, 3.63) is 48.3 Å². The number of hydrogen-bond acceptors (Lipinski definition) is 2. The summed E-state index contributed by atoms with van der Waals surface area (Å²) >= 11 is 0. The summed E-state index contributed by atoms with van der Waals surface area (Å²) in [6.45, 7) is 3.34. The molecule has 1 atom stereocenters. The van der Waals surface area contributed by atoms with Gasteiger partial charge in [0.15, 0.2) is 0 Å². The highest BCUT2D eigenvalue weighted by Gasteiger charge is 2.31. The molecule has 0 saturated carbocycles. The number of amides is 2. The van der Waals surface area contributed by atoms with Gasteiger partial charge in [0.25, 0.3) is 0 Å². The van der Waals surface area contributed by atoms with Crippen molar-refractivity contribution in [3.8, 4) is 5.75 Å². The van der Waals surface area contributed by atoms with Gasteiger partial charge in [-0.05, 0) is 44.0 Å². The molecule has 0 aliphatic carbocycles. The third kappa shape index (κ3) is 3.33. The highest BCUT2D eigenvalue weighted by atomic mass is 16.5. The van der Waals surface area contributed by atoms with Crippen LogP contribution in [0.25, 0.3) is 0 Å². The van der Waals surface area contributed by atoms with Crippen LogP contribution in [-0.2, 0) is 7.05 Å². The molecule has 1 fully saturated rings. The Bertz CT molecular complexity index is 680. The van der Waals surface area contributed by atoms with E-state index in [4.69, 9.17) is 4.74 Å². The van der Waals surface area contributed by atoms with Crippen molar-refractivity contribution in [2.24, 2.45) is 7.05 Å². The number of aromatic nitrogens is 1. The Morgan fingerprint density at radius 2 is 2.22 bits per heavy atom. The van der Waals surface area contributed by atoms with Crippen molar-refractivity contribution in [1.29, 1.82) is 0 Å². The molecule has 1 aliphatic rings. The molecule has 2 heterocycles. The van der Waals surface area contributed by atoms with Gasteiger partial charge in [-0.15, -0.1) is 0 Å². The van der Waals surface area contributed by atoms with Gasteiger partial charge in [-0.25, -0.2) is 4.79 Å². The lowest BCUT2D eigenvalue weighted by molar-refractivity contribution is 0.205. The summed E-state index contributed by atoms with van der Waals surface area (Å²) in [6, 6.07) is 11.7. The van der Waals surface area contributed by atoms with E-state index < -0.39 is 0 Å². The van der Waals surface area contributed by atoms with Gasteiger partial charge in [0, 0.05) is 37.2 Å². The maximum Gasteiger partial charge on any atom is 0.322 e. The van der Waals surface area contributed by atoms with E-state index in [1.165, 1.54) is 5.69 Å². The van der Waals surface area contributed by atoms with Crippen molar-refractivity contribution in [3.63, 3.8) is 0 Å². The molecule has 2 aromatic rings. The zero-order valence-corrected chi connectivity index (χ0v) is 13.7. The van der Waals surface area contributed by atoms with E-state index >= 15 is 0 Å². The van der Waals surface area contributed by atoms with Gasteiger partial charge >= 0.3 is 6.03 Å². The van der Waals surface area contributed by atoms with Crippen molar-refractivity contribution < 1.29 is 9.53 Å². The van der Waals surface area contributed by atoms with Gasteiger partial charge in [0.2, 0.25) is 0 Å². The van der Waals surface area contributed by atoms with E-state index in [1.807, 2.05) is 55.4 Å². The highest BCUT2D eigenvalue weighted by molar-refractivity contribution is 5.90. The van der Waals surface area contributed by atoms with E-state index in [2.05, 4.69) is 16.0 Å². The molecule has 122 valence electrons. The number of urea groups is 1. The minimum atomic E-state index is -0.0534. The lowest BCUT2D eigenvalue weighted by atomic mass is 10.1. The van der Waals surface area contributed by atoms with Crippen LogP contribution in [0.15, 0.2) is 42.6 Å². The molecule has 0 spiro atoms. The summed E-state index contributed by atoms with van der Waals surface area (Å²) in [6.07, 6.45) is 4.06. The predicted molar refractivity (Wildman–Crippen MR) is 90.7 cm³/mol. The average Bonchev–Trinajstić information content (AvgIpc) is 3.16. The van der Waals surface area contributed by atoms with E-state index in [0.717, 1.165) is 30.8 Å². The van der Waals surface area contributed by atoms with E-state index in [0.29, 0.717) is 6.61 Å². The molecule has 0 radical (unpaired) electrons. The van der Waals surface area contributed by atoms with Crippen LogP contribution < -0.4 is 10.1 Å². The second kappa shape index (κ2) is 6.77. The Labute approximate surface area is 136 Å². The van der Waals surface area contributed by atoms with Crippen LogP contribution in [0.5, 0.6) is 5.75 Å². The lowest BCUT2D eigenvalue weighted by Crippen LogP contribution is -2.35. The lowest BCUT2D eigenvalue weighted by Gasteiger charge is -2.25. The largest absolute Gasteiger partial charge is 0.494 e. The maximum absolute atomic E-state index is 12.7. The first-order valence-electron chi connectivity index (χ1n) is 8.10. The number of rotatable bonds is 4. The average molecular weight is 313 g/mol. The zero-order chi connectivity index (χ0) is 16.2. The fourth-order valence-electron chi connectivity index (χ4n) is 3.16. The van der Waals surface area contributed by atoms with E-state index in [9.17, 15) is 4.79 Å². The van der Waals surface area contributed by atoms with Gasteiger partial charge in [-0.2, -0.15) is 0 Å². The van der Waals surface area contributed by atoms with Crippen LogP contribution in [-0.4, -0.2) is 28.6 Å². The number of benzene rings is 1. The molecule has 2 amide bonds. The van der Waals surface area contributed by atoms with Crippen LogP contribution in [0.2, 0.25) is 0 Å². The Hall–Kier alpha value is -2.43. The van der Waals surface area contributed by atoms with Gasteiger partial charge in [0.1, 0.15) is 5.75 Å². The Kier molecular flexibility index (Phi) is 4.55. The fourth-order valence-corrected chi connectivity index (χ4v) is 3.16. The monoisotopic (exact) mass is 313 g/mol. The summed E-state index contributed by atoms with van der Waals surface area (Å²) in [5.41, 5.74) is 1.94. The van der Waals surface area contributed by atoms with Crippen molar-refractivity contribution in [2.45, 2.75) is 25.8 Å². The van der Waals surface area contributed by atoms with Crippen molar-refractivity contribution >= 4 is 11.7 Å². The molecule has 5 nitrogen and oxygen atoms in total. The number of nitrogens with zero attached hydrogens (tertiary/aromatic N) is 2. The first kappa shape index (κ1) is 15.5.